The highest BCUT2D eigenvalue weighted by Gasteiger charge is 2.22. The predicted molar refractivity (Wildman–Crippen MR) is 77.3 cm³/mol. The summed E-state index contributed by atoms with van der Waals surface area (Å²) in [5.74, 6) is -0.958. The van der Waals surface area contributed by atoms with Gasteiger partial charge in [-0.15, -0.1) is 0 Å². The molecule has 6 nitrogen and oxygen atoms in total. The first-order valence-corrected chi connectivity index (χ1v) is 6.09. The van der Waals surface area contributed by atoms with Gasteiger partial charge in [0.2, 0.25) is 5.91 Å². The van der Waals surface area contributed by atoms with E-state index in [2.05, 4.69) is 4.98 Å². The zero-order valence-corrected chi connectivity index (χ0v) is 11.3. The van der Waals surface area contributed by atoms with Crippen molar-refractivity contribution in [3.8, 4) is 6.07 Å². The van der Waals surface area contributed by atoms with Gasteiger partial charge in [0.15, 0.2) is 0 Å². The van der Waals surface area contributed by atoms with Gasteiger partial charge in [0.1, 0.15) is 11.8 Å². The first kappa shape index (κ1) is 14.2. The van der Waals surface area contributed by atoms with Crippen LogP contribution in [0.4, 0.5) is 11.4 Å². The number of hydrogen-bond donors (Lipinski definition) is 1. The lowest BCUT2D eigenvalue weighted by Gasteiger charge is -2.19. The summed E-state index contributed by atoms with van der Waals surface area (Å²) in [6, 6.07) is 11.2. The Bertz CT molecular complexity index is 732. The molecule has 0 spiro atoms. The lowest BCUT2D eigenvalue weighted by molar-refractivity contribution is -0.115. The zero-order valence-electron chi connectivity index (χ0n) is 11.3. The fourth-order valence-corrected chi connectivity index (χ4v) is 1.82. The summed E-state index contributed by atoms with van der Waals surface area (Å²) in [5, 5.41) is 8.70. The molecule has 1 heterocycles. The van der Waals surface area contributed by atoms with Crippen molar-refractivity contribution in [3.63, 3.8) is 0 Å². The highest BCUT2D eigenvalue weighted by atomic mass is 16.2. The van der Waals surface area contributed by atoms with E-state index in [1.165, 1.54) is 31.3 Å². The molecule has 0 unspecified atom stereocenters. The van der Waals surface area contributed by atoms with E-state index >= 15 is 0 Å². The third-order valence-electron chi connectivity index (χ3n) is 2.77. The molecule has 2 aromatic rings. The number of aromatic nitrogens is 1. The van der Waals surface area contributed by atoms with E-state index in [1.54, 1.807) is 18.2 Å². The second kappa shape index (κ2) is 5.84. The number of carbonyl (C=O) groups excluding carboxylic acids is 2. The third kappa shape index (κ3) is 3.04. The number of hydrogen-bond acceptors (Lipinski definition) is 5. The van der Waals surface area contributed by atoms with Crippen LogP contribution in [0.1, 0.15) is 23.0 Å². The van der Waals surface area contributed by atoms with Crippen LogP contribution in [0.3, 0.4) is 0 Å². The zero-order chi connectivity index (χ0) is 15.4. The molecule has 0 saturated carbocycles. The maximum absolute atomic E-state index is 12.4. The van der Waals surface area contributed by atoms with Gasteiger partial charge in [-0.2, -0.15) is 5.26 Å². The third-order valence-corrected chi connectivity index (χ3v) is 2.77. The van der Waals surface area contributed by atoms with Gasteiger partial charge in [-0.1, -0.05) is 6.07 Å². The average Bonchev–Trinajstić information content (AvgIpc) is 2.47. The normalized spacial score (nSPS) is 9.71. The van der Waals surface area contributed by atoms with E-state index < -0.39 is 11.8 Å². The van der Waals surface area contributed by atoms with Gasteiger partial charge in [0.25, 0.3) is 5.91 Å². The molecule has 0 atom stereocenters. The summed E-state index contributed by atoms with van der Waals surface area (Å²) in [6.07, 6.45) is 1.27. The Hall–Kier alpha value is -3.20. The molecule has 0 fully saturated rings. The summed E-state index contributed by atoms with van der Waals surface area (Å²) < 4.78 is 0. The minimum atomic E-state index is -0.523. The van der Waals surface area contributed by atoms with Crippen LogP contribution in [0.25, 0.3) is 0 Å². The maximum atomic E-state index is 12.4. The van der Waals surface area contributed by atoms with Gasteiger partial charge >= 0.3 is 0 Å². The van der Waals surface area contributed by atoms with Crippen molar-refractivity contribution in [1.82, 2.24) is 4.98 Å². The van der Waals surface area contributed by atoms with E-state index in [4.69, 9.17) is 11.0 Å². The van der Waals surface area contributed by atoms with Crippen molar-refractivity contribution in [1.29, 1.82) is 5.26 Å². The van der Waals surface area contributed by atoms with Crippen molar-refractivity contribution in [2.45, 2.75) is 6.92 Å². The fourth-order valence-electron chi connectivity index (χ4n) is 1.82. The maximum Gasteiger partial charge on any atom is 0.266 e. The van der Waals surface area contributed by atoms with Crippen molar-refractivity contribution < 1.29 is 9.59 Å². The highest BCUT2D eigenvalue weighted by Crippen LogP contribution is 2.20. The molecular weight excluding hydrogens is 268 g/mol. The van der Waals surface area contributed by atoms with Gasteiger partial charge in [-0.25, -0.2) is 9.88 Å². The summed E-state index contributed by atoms with van der Waals surface area (Å²) in [6.45, 7) is 1.29. The van der Waals surface area contributed by atoms with Gasteiger partial charge < -0.3 is 5.73 Å². The van der Waals surface area contributed by atoms with Gasteiger partial charge in [0, 0.05) is 18.8 Å². The smallest absolute Gasteiger partial charge is 0.266 e. The van der Waals surface area contributed by atoms with Crippen LogP contribution >= 0.6 is 0 Å². The van der Waals surface area contributed by atoms with E-state index in [0.717, 1.165) is 4.90 Å². The van der Waals surface area contributed by atoms with Crippen LogP contribution in [0.5, 0.6) is 0 Å². The summed E-state index contributed by atoms with van der Waals surface area (Å²) in [5.41, 5.74) is 6.92. The highest BCUT2D eigenvalue weighted by molar-refractivity contribution is 6.20. The molecule has 0 radical (unpaired) electrons. The topological polar surface area (TPSA) is 100 Å². The predicted octanol–water partition coefficient (Wildman–Crippen LogP) is 1.73. The Labute approximate surface area is 121 Å². The van der Waals surface area contributed by atoms with Crippen molar-refractivity contribution in [2.24, 2.45) is 0 Å². The molecule has 2 N–H and O–H groups in total. The van der Waals surface area contributed by atoms with Crippen LogP contribution < -0.4 is 10.6 Å². The lowest BCUT2D eigenvalue weighted by atomic mass is 10.2. The molecule has 104 valence electrons. The standard InChI is InChI=1S/C15H12N4O2/c1-10(20)19(14-4-2-3-12(17)7-14)15(21)11-5-6-13(8-16)18-9-11/h2-7,9H,17H2,1H3. The minimum absolute atomic E-state index is 0.199. The number of nitrogens with two attached hydrogens (primary N) is 1. The number of rotatable bonds is 2. The molecule has 1 aromatic carbocycles. The number of amides is 2. The summed E-state index contributed by atoms with van der Waals surface area (Å²) in [4.78, 5) is 29.1. The number of nitriles is 1. The first-order valence-electron chi connectivity index (χ1n) is 6.09. The molecule has 1 aromatic heterocycles. The molecule has 0 aliphatic carbocycles. The van der Waals surface area contributed by atoms with Crippen molar-refractivity contribution in [2.75, 3.05) is 10.6 Å². The van der Waals surface area contributed by atoms with E-state index in [0.29, 0.717) is 11.4 Å². The van der Waals surface area contributed by atoms with E-state index in [-0.39, 0.29) is 11.3 Å². The van der Waals surface area contributed by atoms with E-state index in [9.17, 15) is 9.59 Å². The Balaban J connectivity index is 2.40. The molecule has 2 rings (SSSR count). The number of carbonyl (C=O) groups is 2. The second-order valence-electron chi connectivity index (χ2n) is 4.30. The van der Waals surface area contributed by atoms with Crippen LogP contribution in [0.15, 0.2) is 42.6 Å². The minimum Gasteiger partial charge on any atom is -0.399 e. The molecule has 0 saturated heterocycles. The summed E-state index contributed by atoms with van der Waals surface area (Å²) in [7, 11) is 0. The number of pyridine rings is 1. The number of benzene rings is 1. The lowest BCUT2D eigenvalue weighted by Crippen LogP contribution is -2.35. The molecular formula is C15H12N4O2. The largest absolute Gasteiger partial charge is 0.399 e. The van der Waals surface area contributed by atoms with Crippen LogP contribution in [-0.2, 0) is 4.79 Å². The fraction of sp³-hybridized carbons (Fsp3) is 0.0667. The Morgan fingerprint density at radius 3 is 2.57 bits per heavy atom. The van der Waals surface area contributed by atoms with Gasteiger partial charge in [-0.05, 0) is 30.3 Å². The van der Waals surface area contributed by atoms with Crippen LogP contribution in [0.2, 0.25) is 0 Å². The molecule has 2 amide bonds. The molecule has 0 aliphatic rings. The second-order valence-corrected chi connectivity index (χ2v) is 4.30. The Morgan fingerprint density at radius 1 is 1.29 bits per heavy atom. The monoisotopic (exact) mass is 280 g/mol. The summed E-state index contributed by atoms with van der Waals surface area (Å²) >= 11 is 0. The van der Waals surface area contributed by atoms with Crippen LogP contribution in [0, 0.1) is 11.3 Å². The number of nitrogen functional groups attached to an aromatic ring is 1. The quantitative estimate of drug-likeness (QED) is 0.844. The van der Waals surface area contributed by atoms with Crippen LogP contribution in [-0.4, -0.2) is 16.8 Å². The SMILES string of the molecule is CC(=O)N(C(=O)c1ccc(C#N)nc1)c1cccc(N)c1. The molecule has 21 heavy (non-hydrogen) atoms. The number of nitrogens with zero attached hydrogens (tertiary/aromatic N) is 3. The molecule has 0 bridgehead atoms. The Morgan fingerprint density at radius 2 is 2.05 bits per heavy atom. The molecule has 0 aliphatic heterocycles. The van der Waals surface area contributed by atoms with Crippen molar-refractivity contribution in [3.05, 3.63) is 53.9 Å². The number of anilines is 2. The first-order chi connectivity index (χ1) is 10.0. The Kier molecular flexibility index (Phi) is 3.95. The van der Waals surface area contributed by atoms with Gasteiger partial charge in [0.05, 0.1) is 11.3 Å². The number of imide groups is 1. The van der Waals surface area contributed by atoms with Gasteiger partial charge in [-0.3, -0.25) is 9.59 Å². The average molecular weight is 280 g/mol. The van der Waals surface area contributed by atoms with E-state index in [1.807, 2.05) is 6.07 Å². The molecule has 6 heteroatoms. The van der Waals surface area contributed by atoms with Crippen molar-refractivity contribution >= 4 is 23.2 Å².